The molecule has 2 N–H and O–H groups in total. The summed E-state index contributed by atoms with van der Waals surface area (Å²) < 4.78 is 0. The lowest BCUT2D eigenvalue weighted by Gasteiger charge is -2.35. The lowest BCUT2D eigenvalue weighted by Crippen LogP contribution is -2.42. The summed E-state index contributed by atoms with van der Waals surface area (Å²) in [6, 6.07) is 8.95. The Balaban J connectivity index is 1.85. The molecule has 4 heteroatoms. The third-order valence-corrected chi connectivity index (χ3v) is 4.12. The number of carbonyl (C=O) groups is 1. The van der Waals surface area contributed by atoms with Gasteiger partial charge in [-0.3, -0.25) is 4.79 Å². The van der Waals surface area contributed by atoms with Crippen molar-refractivity contribution in [2.75, 3.05) is 25.0 Å². The minimum Gasteiger partial charge on any atom is -0.382 e. The van der Waals surface area contributed by atoms with Crippen LogP contribution in [-0.2, 0) is 0 Å². The van der Waals surface area contributed by atoms with E-state index in [1.807, 2.05) is 31.2 Å². The monoisotopic (exact) mass is 289 g/mol. The quantitative estimate of drug-likeness (QED) is 0.876. The van der Waals surface area contributed by atoms with Gasteiger partial charge in [-0.2, -0.15) is 0 Å². The molecule has 1 amide bonds. The molecule has 0 atom stereocenters. The Labute approximate surface area is 127 Å². The van der Waals surface area contributed by atoms with E-state index in [0.29, 0.717) is 18.6 Å². The number of nitrogens with zero attached hydrogens (tertiary/aromatic N) is 1. The number of rotatable bonds is 5. The zero-order valence-corrected chi connectivity index (χ0v) is 13.4. The first-order valence-corrected chi connectivity index (χ1v) is 7.99. The zero-order valence-electron chi connectivity index (χ0n) is 13.4. The van der Waals surface area contributed by atoms with Crippen LogP contribution in [0, 0.1) is 0 Å². The molecule has 1 aliphatic heterocycles. The molecule has 0 unspecified atom stereocenters. The van der Waals surface area contributed by atoms with Gasteiger partial charge in [0.05, 0.1) is 0 Å². The molecule has 1 fully saturated rings. The molecule has 0 spiro atoms. The van der Waals surface area contributed by atoms with Crippen LogP contribution in [0.1, 0.15) is 44.0 Å². The first-order valence-electron chi connectivity index (χ1n) is 7.99. The number of amides is 1. The van der Waals surface area contributed by atoms with Crippen LogP contribution in [-0.4, -0.2) is 42.5 Å². The summed E-state index contributed by atoms with van der Waals surface area (Å²) in [5.41, 5.74) is 1.82. The zero-order chi connectivity index (χ0) is 15.2. The van der Waals surface area contributed by atoms with Crippen molar-refractivity contribution in [3.05, 3.63) is 29.8 Å². The molecule has 21 heavy (non-hydrogen) atoms. The number of hydrogen-bond donors (Lipinski definition) is 2. The maximum atomic E-state index is 11.7. The van der Waals surface area contributed by atoms with Crippen LogP contribution in [0.4, 0.5) is 5.69 Å². The van der Waals surface area contributed by atoms with Crippen molar-refractivity contribution in [2.45, 2.75) is 45.7 Å². The Morgan fingerprint density at radius 3 is 2.38 bits per heavy atom. The van der Waals surface area contributed by atoms with Gasteiger partial charge in [0.1, 0.15) is 0 Å². The standard InChI is InChI=1S/C17H27N3O/c1-4-18-17(21)14-5-7-15(8-6-14)19-16-9-11-20(12-10-16)13(2)3/h5-8,13,16,19H,4,9-12H2,1-3H3,(H,18,21). The molecule has 4 nitrogen and oxygen atoms in total. The number of carbonyl (C=O) groups excluding carboxylic acids is 1. The second-order valence-electron chi connectivity index (χ2n) is 5.99. The first kappa shape index (κ1) is 15.8. The van der Waals surface area contributed by atoms with Crippen LogP contribution in [0.25, 0.3) is 0 Å². The molecule has 0 saturated carbocycles. The number of hydrogen-bond acceptors (Lipinski definition) is 3. The van der Waals surface area contributed by atoms with Crippen molar-refractivity contribution in [3.63, 3.8) is 0 Å². The van der Waals surface area contributed by atoms with Gasteiger partial charge in [0.25, 0.3) is 5.91 Å². The van der Waals surface area contributed by atoms with Crippen LogP contribution >= 0.6 is 0 Å². The molecule has 0 aliphatic carbocycles. The maximum Gasteiger partial charge on any atom is 0.251 e. The molecule has 2 rings (SSSR count). The molecule has 0 radical (unpaired) electrons. The van der Waals surface area contributed by atoms with E-state index in [4.69, 9.17) is 0 Å². The smallest absolute Gasteiger partial charge is 0.251 e. The van der Waals surface area contributed by atoms with Gasteiger partial charge in [-0.15, -0.1) is 0 Å². The molecule has 1 aromatic rings. The fourth-order valence-corrected chi connectivity index (χ4v) is 2.78. The van der Waals surface area contributed by atoms with Crippen molar-refractivity contribution in [1.82, 2.24) is 10.2 Å². The van der Waals surface area contributed by atoms with Crippen molar-refractivity contribution < 1.29 is 4.79 Å². The Hall–Kier alpha value is -1.55. The fraction of sp³-hybridized carbons (Fsp3) is 0.588. The van der Waals surface area contributed by atoms with Crippen LogP contribution < -0.4 is 10.6 Å². The summed E-state index contributed by atoms with van der Waals surface area (Å²) in [5, 5.41) is 6.39. The molecule has 1 aliphatic rings. The average molecular weight is 289 g/mol. The maximum absolute atomic E-state index is 11.7. The van der Waals surface area contributed by atoms with Crippen LogP contribution in [0.2, 0.25) is 0 Å². The molecule has 116 valence electrons. The van der Waals surface area contributed by atoms with Gasteiger partial charge in [0.15, 0.2) is 0 Å². The lowest BCUT2D eigenvalue weighted by atomic mass is 10.0. The Kier molecular flexibility index (Phi) is 5.62. The van der Waals surface area contributed by atoms with Crippen molar-refractivity contribution in [3.8, 4) is 0 Å². The highest BCUT2D eigenvalue weighted by atomic mass is 16.1. The van der Waals surface area contributed by atoms with Gasteiger partial charge >= 0.3 is 0 Å². The number of likely N-dealkylation sites (tertiary alicyclic amines) is 1. The van der Waals surface area contributed by atoms with Crippen molar-refractivity contribution in [2.24, 2.45) is 0 Å². The molecule has 1 heterocycles. The van der Waals surface area contributed by atoms with Crippen LogP contribution in [0.15, 0.2) is 24.3 Å². The topological polar surface area (TPSA) is 44.4 Å². The van der Waals surface area contributed by atoms with E-state index in [-0.39, 0.29) is 5.91 Å². The van der Waals surface area contributed by atoms with Crippen LogP contribution in [0.5, 0.6) is 0 Å². The van der Waals surface area contributed by atoms with Crippen LogP contribution in [0.3, 0.4) is 0 Å². The second-order valence-corrected chi connectivity index (χ2v) is 5.99. The predicted octanol–water partition coefficient (Wildman–Crippen LogP) is 2.72. The Morgan fingerprint density at radius 1 is 1.24 bits per heavy atom. The summed E-state index contributed by atoms with van der Waals surface area (Å²) in [6.07, 6.45) is 2.35. The molecule has 0 aromatic heterocycles. The minimum absolute atomic E-state index is 0.00529. The number of piperidine rings is 1. The third-order valence-electron chi connectivity index (χ3n) is 4.12. The highest BCUT2D eigenvalue weighted by molar-refractivity contribution is 5.94. The van der Waals surface area contributed by atoms with E-state index in [2.05, 4.69) is 29.4 Å². The van der Waals surface area contributed by atoms with E-state index in [0.717, 1.165) is 24.3 Å². The normalized spacial score (nSPS) is 17.0. The van der Waals surface area contributed by atoms with Gasteiger partial charge in [-0.25, -0.2) is 0 Å². The summed E-state index contributed by atoms with van der Waals surface area (Å²) in [7, 11) is 0. The van der Waals surface area contributed by atoms with E-state index < -0.39 is 0 Å². The third kappa shape index (κ3) is 4.46. The first-order chi connectivity index (χ1) is 10.1. The fourth-order valence-electron chi connectivity index (χ4n) is 2.78. The van der Waals surface area contributed by atoms with Crippen molar-refractivity contribution >= 4 is 11.6 Å². The average Bonchev–Trinajstić information content (AvgIpc) is 2.49. The summed E-state index contributed by atoms with van der Waals surface area (Å²) in [5.74, 6) is -0.00529. The van der Waals surface area contributed by atoms with E-state index in [1.54, 1.807) is 0 Å². The second kappa shape index (κ2) is 7.46. The van der Waals surface area contributed by atoms with Gasteiger partial charge in [0.2, 0.25) is 0 Å². The van der Waals surface area contributed by atoms with Gasteiger partial charge in [0, 0.05) is 43.0 Å². The highest BCUT2D eigenvalue weighted by Gasteiger charge is 2.20. The molecule has 1 saturated heterocycles. The van der Waals surface area contributed by atoms with E-state index >= 15 is 0 Å². The summed E-state index contributed by atoms with van der Waals surface area (Å²) in [6.45, 7) is 9.42. The number of benzene rings is 1. The number of anilines is 1. The van der Waals surface area contributed by atoms with Gasteiger partial charge in [-0.1, -0.05) is 0 Å². The molecule has 0 bridgehead atoms. The van der Waals surface area contributed by atoms with E-state index in [1.165, 1.54) is 12.8 Å². The Bertz CT molecular complexity index is 448. The highest BCUT2D eigenvalue weighted by Crippen LogP contribution is 2.18. The predicted molar refractivity (Wildman–Crippen MR) is 87.8 cm³/mol. The number of nitrogens with one attached hydrogen (secondary N) is 2. The minimum atomic E-state index is -0.00529. The lowest BCUT2D eigenvalue weighted by molar-refractivity contribution is 0.0956. The summed E-state index contributed by atoms with van der Waals surface area (Å²) in [4.78, 5) is 14.2. The van der Waals surface area contributed by atoms with Crippen molar-refractivity contribution in [1.29, 1.82) is 0 Å². The van der Waals surface area contributed by atoms with E-state index in [9.17, 15) is 4.79 Å². The molecular weight excluding hydrogens is 262 g/mol. The van der Waals surface area contributed by atoms with Gasteiger partial charge in [-0.05, 0) is 57.9 Å². The largest absolute Gasteiger partial charge is 0.382 e. The van der Waals surface area contributed by atoms with Gasteiger partial charge < -0.3 is 15.5 Å². The molecular formula is C17H27N3O. The summed E-state index contributed by atoms with van der Waals surface area (Å²) >= 11 is 0. The molecule has 1 aromatic carbocycles. The SMILES string of the molecule is CCNC(=O)c1ccc(NC2CCN(C(C)C)CC2)cc1. The Morgan fingerprint density at radius 2 is 1.86 bits per heavy atom.